The van der Waals surface area contributed by atoms with E-state index in [1.54, 1.807) is 7.11 Å². The van der Waals surface area contributed by atoms with Crippen LogP contribution in [-0.4, -0.2) is 31.5 Å². The largest absolute Gasteiger partial charge is 0.496 e. The number of anilines is 1. The molecule has 1 amide bonds. The lowest BCUT2D eigenvalue weighted by molar-refractivity contribution is -0.117. The smallest absolute Gasteiger partial charge is 0.238 e. The van der Waals surface area contributed by atoms with Gasteiger partial charge in [-0.3, -0.25) is 9.69 Å². The first-order chi connectivity index (χ1) is 11.4. The number of carbonyl (C=O) groups is 1. The van der Waals surface area contributed by atoms with E-state index < -0.39 is 0 Å². The molecule has 2 aromatic carbocycles. The quantitative estimate of drug-likeness (QED) is 0.858. The van der Waals surface area contributed by atoms with Crippen LogP contribution in [0.3, 0.4) is 0 Å². The van der Waals surface area contributed by atoms with Gasteiger partial charge >= 0.3 is 0 Å². The first-order valence-electron chi connectivity index (χ1n) is 7.77. The van der Waals surface area contributed by atoms with Crippen LogP contribution in [0.1, 0.15) is 16.7 Å². The van der Waals surface area contributed by atoms with Crippen molar-refractivity contribution in [2.24, 2.45) is 0 Å². The minimum Gasteiger partial charge on any atom is -0.496 e. The highest BCUT2D eigenvalue weighted by Gasteiger charge is 2.12. The zero-order valence-corrected chi connectivity index (χ0v) is 15.3. The average molecular weight is 347 g/mol. The van der Waals surface area contributed by atoms with E-state index in [4.69, 9.17) is 16.3 Å². The van der Waals surface area contributed by atoms with Crippen LogP contribution in [0, 0.1) is 13.8 Å². The molecule has 0 radical (unpaired) electrons. The molecule has 0 bridgehead atoms. The predicted molar refractivity (Wildman–Crippen MR) is 98.9 cm³/mol. The van der Waals surface area contributed by atoms with Crippen LogP contribution in [0.2, 0.25) is 5.02 Å². The fourth-order valence-corrected chi connectivity index (χ4v) is 2.82. The normalized spacial score (nSPS) is 10.8. The summed E-state index contributed by atoms with van der Waals surface area (Å²) in [5.74, 6) is 0.726. The molecule has 1 N–H and O–H groups in total. The van der Waals surface area contributed by atoms with Crippen LogP contribution in [-0.2, 0) is 11.3 Å². The maximum absolute atomic E-state index is 12.2. The predicted octanol–water partition coefficient (Wildman–Crippen LogP) is 4.04. The lowest BCUT2D eigenvalue weighted by Crippen LogP contribution is -2.30. The molecule has 0 aliphatic rings. The lowest BCUT2D eigenvalue weighted by atomic mass is 10.1. The van der Waals surface area contributed by atoms with Crippen molar-refractivity contribution in [2.45, 2.75) is 20.4 Å². The number of rotatable bonds is 6. The Morgan fingerprint density at radius 3 is 2.50 bits per heavy atom. The number of hydrogen-bond acceptors (Lipinski definition) is 3. The number of likely N-dealkylation sites (N-methyl/N-ethyl adjacent to an activating group) is 1. The third-order valence-corrected chi connectivity index (χ3v) is 4.00. The molecule has 0 spiro atoms. The van der Waals surface area contributed by atoms with Crippen LogP contribution in [0.25, 0.3) is 0 Å². The SMILES string of the molecule is COc1ccc(C)cc1CN(C)CC(=O)Nc1ccc(C)cc1Cl. The van der Waals surface area contributed by atoms with Crippen LogP contribution >= 0.6 is 11.6 Å². The van der Waals surface area contributed by atoms with E-state index in [-0.39, 0.29) is 12.5 Å². The average Bonchev–Trinajstić information content (AvgIpc) is 2.50. The minimum atomic E-state index is -0.102. The second-order valence-electron chi connectivity index (χ2n) is 6.02. The molecule has 0 saturated heterocycles. The molecule has 0 heterocycles. The summed E-state index contributed by atoms with van der Waals surface area (Å²) in [6.07, 6.45) is 0. The Morgan fingerprint density at radius 1 is 1.17 bits per heavy atom. The van der Waals surface area contributed by atoms with Gasteiger partial charge in [-0.05, 0) is 44.7 Å². The molecule has 128 valence electrons. The van der Waals surface area contributed by atoms with Crippen LogP contribution in [0.15, 0.2) is 36.4 Å². The molecule has 0 aromatic heterocycles. The Kier molecular flexibility index (Phi) is 6.23. The van der Waals surface area contributed by atoms with Crippen molar-refractivity contribution in [2.75, 3.05) is 26.0 Å². The molecule has 0 aliphatic heterocycles. The van der Waals surface area contributed by atoms with Gasteiger partial charge in [0.05, 0.1) is 24.4 Å². The van der Waals surface area contributed by atoms with Crippen molar-refractivity contribution >= 4 is 23.2 Å². The second-order valence-corrected chi connectivity index (χ2v) is 6.43. The van der Waals surface area contributed by atoms with Crippen molar-refractivity contribution in [3.63, 3.8) is 0 Å². The summed E-state index contributed by atoms with van der Waals surface area (Å²) in [5, 5.41) is 3.40. The number of aryl methyl sites for hydroxylation is 2. The maximum Gasteiger partial charge on any atom is 0.238 e. The van der Waals surface area contributed by atoms with Gasteiger partial charge in [-0.1, -0.05) is 35.4 Å². The van der Waals surface area contributed by atoms with Crippen molar-refractivity contribution in [1.29, 1.82) is 0 Å². The highest BCUT2D eigenvalue weighted by molar-refractivity contribution is 6.33. The number of nitrogens with one attached hydrogen (secondary N) is 1. The van der Waals surface area contributed by atoms with Gasteiger partial charge < -0.3 is 10.1 Å². The number of halogens is 1. The molecular formula is C19H23ClN2O2. The summed E-state index contributed by atoms with van der Waals surface area (Å²) in [4.78, 5) is 14.2. The van der Waals surface area contributed by atoms with Gasteiger partial charge in [-0.25, -0.2) is 0 Å². The summed E-state index contributed by atoms with van der Waals surface area (Å²) in [6, 6.07) is 11.6. The van der Waals surface area contributed by atoms with Crippen molar-refractivity contribution in [3.8, 4) is 5.75 Å². The van der Waals surface area contributed by atoms with Gasteiger partial charge in [0, 0.05) is 12.1 Å². The van der Waals surface area contributed by atoms with Gasteiger partial charge in [0.25, 0.3) is 0 Å². The number of amides is 1. The maximum atomic E-state index is 12.2. The van der Waals surface area contributed by atoms with E-state index in [0.717, 1.165) is 22.4 Å². The van der Waals surface area contributed by atoms with Crippen molar-refractivity contribution < 1.29 is 9.53 Å². The summed E-state index contributed by atoms with van der Waals surface area (Å²) < 4.78 is 5.38. The fraction of sp³-hybridized carbons (Fsp3) is 0.316. The van der Waals surface area contributed by atoms with E-state index in [1.807, 2.05) is 56.1 Å². The Morgan fingerprint density at radius 2 is 1.83 bits per heavy atom. The van der Waals surface area contributed by atoms with Gasteiger partial charge in [0.1, 0.15) is 5.75 Å². The molecule has 4 nitrogen and oxygen atoms in total. The molecule has 0 aliphatic carbocycles. The molecule has 2 aromatic rings. The summed E-state index contributed by atoms with van der Waals surface area (Å²) >= 11 is 6.15. The minimum absolute atomic E-state index is 0.102. The van der Waals surface area contributed by atoms with Crippen molar-refractivity contribution in [3.05, 3.63) is 58.1 Å². The Hall–Kier alpha value is -2.04. The molecule has 2 rings (SSSR count). The molecular weight excluding hydrogens is 324 g/mol. The summed E-state index contributed by atoms with van der Waals surface area (Å²) in [7, 11) is 3.55. The van der Waals surface area contributed by atoms with Crippen molar-refractivity contribution in [1.82, 2.24) is 4.90 Å². The second kappa shape index (κ2) is 8.18. The molecule has 0 saturated carbocycles. The number of methoxy groups -OCH3 is 1. The van der Waals surface area contributed by atoms with Crippen LogP contribution < -0.4 is 10.1 Å². The number of hydrogen-bond donors (Lipinski definition) is 1. The molecule has 0 atom stereocenters. The van der Waals surface area contributed by atoms with E-state index in [2.05, 4.69) is 11.4 Å². The molecule has 5 heteroatoms. The number of nitrogens with zero attached hydrogens (tertiary/aromatic N) is 1. The molecule has 0 unspecified atom stereocenters. The van der Waals surface area contributed by atoms with E-state index >= 15 is 0 Å². The lowest BCUT2D eigenvalue weighted by Gasteiger charge is -2.18. The highest BCUT2D eigenvalue weighted by Crippen LogP contribution is 2.23. The highest BCUT2D eigenvalue weighted by atomic mass is 35.5. The first kappa shape index (κ1) is 18.3. The van der Waals surface area contributed by atoms with E-state index in [1.165, 1.54) is 0 Å². The fourth-order valence-electron chi connectivity index (χ4n) is 2.53. The third kappa shape index (κ3) is 4.98. The van der Waals surface area contributed by atoms with Gasteiger partial charge in [-0.2, -0.15) is 0 Å². The van der Waals surface area contributed by atoms with Crippen LogP contribution in [0.5, 0.6) is 5.75 Å². The Labute approximate surface area is 148 Å². The zero-order chi connectivity index (χ0) is 17.7. The Balaban J connectivity index is 1.98. The van der Waals surface area contributed by atoms with Gasteiger partial charge in [-0.15, -0.1) is 0 Å². The molecule has 0 fully saturated rings. The third-order valence-electron chi connectivity index (χ3n) is 3.69. The van der Waals surface area contributed by atoms with Gasteiger partial charge in [0.2, 0.25) is 5.91 Å². The molecule has 24 heavy (non-hydrogen) atoms. The Bertz CT molecular complexity index is 731. The monoisotopic (exact) mass is 346 g/mol. The zero-order valence-electron chi connectivity index (χ0n) is 14.5. The first-order valence-corrected chi connectivity index (χ1v) is 8.15. The summed E-state index contributed by atoms with van der Waals surface area (Å²) in [6.45, 7) is 4.89. The topological polar surface area (TPSA) is 41.6 Å². The van der Waals surface area contributed by atoms with Gasteiger partial charge in [0.15, 0.2) is 0 Å². The van der Waals surface area contributed by atoms with E-state index in [0.29, 0.717) is 17.3 Å². The number of carbonyl (C=O) groups excluding carboxylic acids is 1. The number of benzene rings is 2. The standard InChI is InChI=1S/C19H23ClN2O2/c1-13-6-8-18(24-4)15(9-13)11-22(3)12-19(23)21-17-7-5-14(2)10-16(17)20/h5-10H,11-12H2,1-4H3,(H,21,23). The summed E-state index contributed by atoms with van der Waals surface area (Å²) in [5.41, 5.74) is 3.91. The number of ether oxygens (including phenoxy) is 1. The van der Waals surface area contributed by atoms with Crippen LogP contribution in [0.4, 0.5) is 5.69 Å². The van der Waals surface area contributed by atoms with E-state index in [9.17, 15) is 4.79 Å².